The first kappa shape index (κ1) is 20.8. The lowest BCUT2D eigenvalue weighted by Crippen LogP contribution is -2.26. The summed E-state index contributed by atoms with van der Waals surface area (Å²) in [6, 6.07) is 7.01. The molecule has 2 fully saturated rings. The average molecular weight is 411 g/mol. The van der Waals surface area contributed by atoms with Crippen molar-refractivity contribution in [3.8, 4) is 11.8 Å². The van der Waals surface area contributed by atoms with Crippen molar-refractivity contribution in [3.05, 3.63) is 47.8 Å². The standard InChI is InChI=1S/C23H30N4O3/c28-21(19-7-5-9-24-22(19)29-17-15-26-11-1-2-12-26)20-8-6-10-25-23(20)30-18-16-27-13-3-4-14-27/h5-10H,1-4,11-18H2. The molecule has 7 heteroatoms. The van der Waals surface area contributed by atoms with E-state index in [-0.39, 0.29) is 5.78 Å². The van der Waals surface area contributed by atoms with Gasteiger partial charge in [-0.1, -0.05) is 0 Å². The van der Waals surface area contributed by atoms with Gasteiger partial charge in [0.15, 0.2) is 0 Å². The highest BCUT2D eigenvalue weighted by Crippen LogP contribution is 2.24. The Hall–Kier alpha value is -2.51. The Labute approximate surface area is 178 Å². The van der Waals surface area contributed by atoms with E-state index < -0.39 is 0 Å². The van der Waals surface area contributed by atoms with E-state index in [1.807, 2.05) is 0 Å². The molecule has 0 amide bonds. The molecule has 4 rings (SSSR count). The Kier molecular flexibility index (Phi) is 7.26. The zero-order valence-electron chi connectivity index (χ0n) is 17.5. The zero-order chi connectivity index (χ0) is 20.6. The summed E-state index contributed by atoms with van der Waals surface area (Å²) in [6.07, 6.45) is 8.28. The molecule has 0 bridgehead atoms. The molecule has 0 aromatic carbocycles. The van der Waals surface area contributed by atoms with Gasteiger partial charge in [0.2, 0.25) is 17.5 Å². The van der Waals surface area contributed by atoms with E-state index in [4.69, 9.17) is 9.47 Å². The molecule has 2 aliphatic rings. The predicted molar refractivity (Wildman–Crippen MR) is 114 cm³/mol. The monoisotopic (exact) mass is 410 g/mol. The maximum absolute atomic E-state index is 13.3. The number of ketones is 1. The molecule has 2 aromatic rings. The van der Waals surface area contributed by atoms with E-state index in [0.717, 1.165) is 39.3 Å². The molecule has 30 heavy (non-hydrogen) atoms. The number of nitrogens with zero attached hydrogens (tertiary/aromatic N) is 4. The third kappa shape index (κ3) is 5.34. The summed E-state index contributed by atoms with van der Waals surface area (Å²) >= 11 is 0. The molecule has 0 spiro atoms. The van der Waals surface area contributed by atoms with Gasteiger partial charge in [0.25, 0.3) is 0 Å². The largest absolute Gasteiger partial charge is 0.476 e. The van der Waals surface area contributed by atoms with Gasteiger partial charge in [-0.05, 0) is 76.1 Å². The van der Waals surface area contributed by atoms with Crippen LogP contribution >= 0.6 is 0 Å². The fourth-order valence-corrected chi connectivity index (χ4v) is 4.06. The molecule has 7 nitrogen and oxygen atoms in total. The Balaban J connectivity index is 1.41. The predicted octanol–water partition coefficient (Wildman–Crippen LogP) is 2.66. The summed E-state index contributed by atoms with van der Waals surface area (Å²) < 4.78 is 11.8. The van der Waals surface area contributed by atoms with Crippen molar-refractivity contribution in [2.45, 2.75) is 25.7 Å². The molecule has 2 aromatic heterocycles. The lowest BCUT2D eigenvalue weighted by molar-refractivity contribution is 0.102. The maximum Gasteiger partial charge on any atom is 0.224 e. The number of likely N-dealkylation sites (tertiary alicyclic amines) is 2. The SMILES string of the molecule is O=C(c1cccnc1OCCN1CCCC1)c1cccnc1OCCN1CCCC1. The van der Waals surface area contributed by atoms with Gasteiger partial charge in [0.05, 0.1) is 11.1 Å². The van der Waals surface area contributed by atoms with Crippen LogP contribution in [0.1, 0.15) is 41.6 Å². The van der Waals surface area contributed by atoms with E-state index in [2.05, 4.69) is 19.8 Å². The Bertz CT molecular complexity index is 765. The minimum absolute atomic E-state index is 0.177. The second-order valence-electron chi connectivity index (χ2n) is 7.84. The van der Waals surface area contributed by atoms with Gasteiger partial charge >= 0.3 is 0 Å². The second-order valence-corrected chi connectivity index (χ2v) is 7.84. The van der Waals surface area contributed by atoms with Crippen LogP contribution < -0.4 is 9.47 Å². The van der Waals surface area contributed by atoms with Gasteiger partial charge in [-0.2, -0.15) is 0 Å². The normalized spacial score (nSPS) is 17.3. The first-order chi connectivity index (χ1) is 14.8. The summed E-state index contributed by atoms with van der Waals surface area (Å²) in [6.45, 7) is 7.20. The fraction of sp³-hybridized carbons (Fsp3) is 0.522. The van der Waals surface area contributed by atoms with Crippen molar-refractivity contribution < 1.29 is 14.3 Å². The van der Waals surface area contributed by atoms with Crippen LogP contribution in [-0.2, 0) is 0 Å². The third-order valence-corrected chi connectivity index (χ3v) is 5.72. The Morgan fingerprint density at radius 3 is 1.63 bits per heavy atom. The molecule has 160 valence electrons. The minimum atomic E-state index is -0.177. The summed E-state index contributed by atoms with van der Waals surface area (Å²) in [5, 5.41) is 0. The summed E-state index contributed by atoms with van der Waals surface area (Å²) in [4.78, 5) is 26.6. The summed E-state index contributed by atoms with van der Waals surface area (Å²) in [5.74, 6) is 0.561. The van der Waals surface area contributed by atoms with E-state index in [0.29, 0.717) is 36.1 Å². The number of hydrogen-bond acceptors (Lipinski definition) is 7. The van der Waals surface area contributed by atoms with Gasteiger partial charge in [-0.25, -0.2) is 9.97 Å². The number of rotatable bonds is 10. The number of hydrogen-bond donors (Lipinski definition) is 0. The van der Waals surface area contributed by atoms with Crippen molar-refractivity contribution in [2.75, 3.05) is 52.5 Å². The van der Waals surface area contributed by atoms with Gasteiger partial charge in [-0.3, -0.25) is 14.6 Å². The van der Waals surface area contributed by atoms with Crippen LogP contribution in [0.2, 0.25) is 0 Å². The van der Waals surface area contributed by atoms with Crippen LogP contribution in [0.3, 0.4) is 0 Å². The van der Waals surface area contributed by atoms with E-state index >= 15 is 0 Å². The molecule has 0 aliphatic carbocycles. The molecule has 2 aliphatic heterocycles. The van der Waals surface area contributed by atoms with Crippen LogP contribution in [0, 0.1) is 0 Å². The minimum Gasteiger partial charge on any atom is -0.476 e. The first-order valence-electron chi connectivity index (χ1n) is 11.0. The Morgan fingerprint density at radius 1 is 0.767 bits per heavy atom. The molecule has 0 N–H and O–H groups in total. The first-order valence-corrected chi connectivity index (χ1v) is 11.0. The molecule has 4 heterocycles. The third-order valence-electron chi connectivity index (χ3n) is 5.72. The molecule has 0 atom stereocenters. The fourth-order valence-electron chi connectivity index (χ4n) is 4.06. The second kappa shape index (κ2) is 10.5. The Morgan fingerprint density at radius 2 is 1.20 bits per heavy atom. The van der Waals surface area contributed by atoms with E-state index in [1.54, 1.807) is 36.7 Å². The topological polar surface area (TPSA) is 67.8 Å². The summed E-state index contributed by atoms with van der Waals surface area (Å²) in [7, 11) is 0. The van der Waals surface area contributed by atoms with Crippen LogP contribution in [0.5, 0.6) is 11.8 Å². The molecule has 0 radical (unpaired) electrons. The van der Waals surface area contributed by atoms with Crippen LogP contribution in [0.4, 0.5) is 0 Å². The van der Waals surface area contributed by atoms with Gasteiger partial charge in [-0.15, -0.1) is 0 Å². The summed E-state index contributed by atoms with van der Waals surface area (Å²) in [5.41, 5.74) is 0.882. The molecule has 2 saturated heterocycles. The van der Waals surface area contributed by atoms with Crippen molar-refractivity contribution >= 4 is 5.78 Å². The lowest BCUT2D eigenvalue weighted by atomic mass is 10.1. The number of ether oxygens (including phenoxy) is 2. The van der Waals surface area contributed by atoms with Crippen LogP contribution in [-0.4, -0.2) is 78.0 Å². The number of pyridine rings is 2. The number of carbonyl (C=O) groups excluding carboxylic acids is 1. The molecule has 0 saturated carbocycles. The van der Waals surface area contributed by atoms with Crippen molar-refractivity contribution in [1.82, 2.24) is 19.8 Å². The van der Waals surface area contributed by atoms with Crippen molar-refractivity contribution in [1.29, 1.82) is 0 Å². The average Bonchev–Trinajstić information content (AvgIpc) is 3.48. The highest BCUT2D eigenvalue weighted by atomic mass is 16.5. The van der Waals surface area contributed by atoms with Crippen LogP contribution in [0.25, 0.3) is 0 Å². The van der Waals surface area contributed by atoms with Crippen LogP contribution in [0.15, 0.2) is 36.7 Å². The molecule has 0 unspecified atom stereocenters. The van der Waals surface area contributed by atoms with Gasteiger partial charge in [0, 0.05) is 25.5 Å². The quantitative estimate of drug-likeness (QED) is 0.558. The highest BCUT2D eigenvalue weighted by molar-refractivity contribution is 6.11. The molecular weight excluding hydrogens is 380 g/mol. The lowest BCUT2D eigenvalue weighted by Gasteiger charge is -2.17. The van der Waals surface area contributed by atoms with Crippen molar-refractivity contribution in [2.24, 2.45) is 0 Å². The van der Waals surface area contributed by atoms with Crippen molar-refractivity contribution in [3.63, 3.8) is 0 Å². The highest BCUT2D eigenvalue weighted by Gasteiger charge is 2.21. The number of aromatic nitrogens is 2. The number of carbonyl (C=O) groups is 1. The maximum atomic E-state index is 13.3. The van der Waals surface area contributed by atoms with E-state index in [9.17, 15) is 4.79 Å². The smallest absolute Gasteiger partial charge is 0.224 e. The van der Waals surface area contributed by atoms with Gasteiger partial charge < -0.3 is 9.47 Å². The van der Waals surface area contributed by atoms with E-state index in [1.165, 1.54) is 25.7 Å². The zero-order valence-corrected chi connectivity index (χ0v) is 17.5. The van der Waals surface area contributed by atoms with Gasteiger partial charge in [0.1, 0.15) is 13.2 Å². The molecular formula is C23H30N4O3.